The van der Waals surface area contributed by atoms with E-state index in [1.54, 1.807) is 48.5 Å². The summed E-state index contributed by atoms with van der Waals surface area (Å²) in [5, 5.41) is 2.67. The van der Waals surface area contributed by atoms with Gasteiger partial charge in [0.2, 0.25) is 0 Å². The fourth-order valence-corrected chi connectivity index (χ4v) is 4.83. The molecule has 4 heteroatoms. The van der Waals surface area contributed by atoms with Crippen molar-refractivity contribution in [1.82, 2.24) is 4.98 Å². The molecule has 38 heavy (non-hydrogen) atoms. The highest BCUT2D eigenvalue weighted by Crippen LogP contribution is 2.33. The van der Waals surface area contributed by atoms with Gasteiger partial charge in [-0.05, 0) is 70.5 Å². The van der Waals surface area contributed by atoms with E-state index in [2.05, 4.69) is 82.9 Å². The third-order valence-electron chi connectivity index (χ3n) is 7.14. The van der Waals surface area contributed by atoms with Crippen LogP contribution in [0, 0.1) is 0 Å². The Morgan fingerprint density at radius 2 is 0.974 bits per heavy atom. The van der Waals surface area contributed by atoms with Gasteiger partial charge in [-0.25, -0.2) is 4.90 Å². The number of carbonyl (C=O) groups excluding carboxylic acids is 2. The van der Waals surface area contributed by atoms with Crippen molar-refractivity contribution in [2.75, 3.05) is 4.90 Å². The van der Waals surface area contributed by atoms with Gasteiger partial charge in [-0.2, -0.15) is 0 Å². The maximum Gasteiger partial charge on any atom is 0.266 e. The molecule has 0 radical (unpaired) electrons. The molecule has 0 saturated heterocycles. The van der Waals surface area contributed by atoms with Gasteiger partial charge in [-0.1, -0.05) is 84.0 Å². The zero-order valence-corrected chi connectivity index (χ0v) is 22.9. The van der Waals surface area contributed by atoms with Crippen LogP contribution in [-0.2, 0) is 10.8 Å². The number of hydrogen-bond donors (Lipinski definition) is 1. The summed E-state index contributed by atoms with van der Waals surface area (Å²) >= 11 is 0. The van der Waals surface area contributed by atoms with Crippen molar-refractivity contribution in [3.8, 4) is 0 Å². The number of nitrogens with zero attached hydrogens (tertiary/aromatic N) is 1. The molecule has 2 heterocycles. The standard InChI is InChI=1S/C20H25N.C14H9NO2/c1-19(2,3)13-7-9-17-15(11-13)16-12-14(20(4,5)6)8-10-18(16)21-17;16-13-11-8-4-5-9-12(11)14(17)15(13)10-6-2-1-3-7-10/h7-12,21H,1-6H3;1-9H. The third-order valence-corrected chi connectivity index (χ3v) is 7.14. The number of amides is 2. The van der Waals surface area contributed by atoms with E-state index < -0.39 is 0 Å². The number of benzene rings is 4. The van der Waals surface area contributed by atoms with E-state index >= 15 is 0 Å². The molecule has 1 aliphatic heterocycles. The second-order valence-electron chi connectivity index (χ2n) is 12.0. The molecule has 1 aromatic heterocycles. The highest BCUT2D eigenvalue weighted by molar-refractivity contribution is 6.34. The Labute approximate surface area is 224 Å². The van der Waals surface area contributed by atoms with Crippen molar-refractivity contribution in [2.24, 2.45) is 0 Å². The van der Waals surface area contributed by atoms with E-state index in [0.717, 1.165) is 0 Å². The highest BCUT2D eigenvalue weighted by Gasteiger charge is 2.35. The van der Waals surface area contributed by atoms with Gasteiger partial charge in [0, 0.05) is 21.8 Å². The van der Waals surface area contributed by atoms with E-state index in [-0.39, 0.29) is 22.6 Å². The molecule has 1 N–H and O–H groups in total. The van der Waals surface area contributed by atoms with Crippen LogP contribution in [0.2, 0.25) is 0 Å². The van der Waals surface area contributed by atoms with Crippen LogP contribution in [0.4, 0.5) is 5.69 Å². The second kappa shape index (κ2) is 9.29. The molecule has 0 atom stereocenters. The second-order valence-corrected chi connectivity index (χ2v) is 12.0. The van der Waals surface area contributed by atoms with Crippen LogP contribution >= 0.6 is 0 Å². The zero-order chi connectivity index (χ0) is 27.2. The summed E-state index contributed by atoms with van der Waals surface area (Å²) in [5.41, 5.74) is 7.14. The summed E-state index contributed by atoms with van der Waals surface area (Å²) < 4.78 is 0. The minimum atomic E-state index is -0.253. The van der Waals surface area contributed by atoms with Gasteiger partial charge in [0.1, 0.15) is 0 Å². The quantitative estimate of drug-likeness (QED) is 0.234. The van der Waals surface area contributed by atoms with E-state index in [0.29, 0.717) is 16.8 Å². The molecule has 2 amide bonds. The van der Waals surface area contributed by atoms with Crippen molar-refractivity contribution in [3.05, 3.63) is 113 Å². The Kier molecular flexibility index (Phi) is 6.22. The summed E-state index contributed by atoms with van der Waals surface area (Å²) in [6.45, 7) is 13.6. The highest BCUT2D eigenvalue weighted by atomic mass is 16.2. The minimum absolute atomic E-state index is 0.180. The van der Waals surface area contributed by atoms with Gasteiger partial charge in [0.15, 0.2) is 0 Å². The molecule has 1 aliphatic rings. The number of nitrogens with one attached hydrogen (secondary N) is 1. The smallest absolute Gasteiger partial charge is 0.266 e. The molecular formula is C34H34N2O2. The van der Waals surface area contributed by atoms with Gasteiger partial charge in [0.25, 0.3) is 11.8 Å². The molecule has 0 saturated carbocycles. The first kappa shape index (κ1) is 25.5. The molecule has 0 unspecified atom stereocenters. The van der Waals surface area contributed by atoms with Crippen molar-refractivity contribution in [3.63, 3.8) is 0 Å². The van der Waals surface area contributed by atoms with E-state index in [1.807, 2.05) is 6.07 Å². The van der Waals surface area contributed by atoms with Crippen LogP contribution in [0.25, 0.3) is 21.8 Å². The number of para-hydroxylation sites is 1. The lowest BCUT2D eigenvalue weighted by Crippen LogP contribution is -2.29. The summed E-state index contributed by atoms with van der Waals surface area (Å²) in [4.78, 5) is 29.0. The minimum Gasteiger partial charge on any atom is -0.355 e. The van der Waals surface area contributed by atoms with Crippen LogP contribution in [0.5, 0.6) is 0 Å². The topological polar surface area (TPSA) is 53.2 Å². The number of aromatic nitrogens is 1. The van der Waals surface area contributed by atoms with E-state index in [4.69, 9.17) is 0 Å². The first-order valence-corrected chi connectivity index (χ1v) is 13.0. The van der Waals surface area contributed by atoms with Gasteiger partial charge >= 0.3 is 0 Å². The van der Waals surface area contributed by atoms with E-state index in [9.17, 15) is 9.59 Å². The van der Waals surface area contributed by atoms with Crippen molar-refractivity contribution >= 4 is 39.3 Å². The number of carbonyl (C=O) groups is 2. The SMILES string of the molecule is CC(C)(C)c1ccc2[nH]c3ccc(C(C)(C)C)cc3c2c1.O=C1c2ccccc2C(=O)N1c1ccccc1. The number of anilines is 1. The largest absolute Gasteiger partial charge is 0.355 e. The predicted octanol–water partition coefficient (Wildman–Crippen LogP) is 8.40. The first-order chi connectivity index (χ1) is 17.9. The van der Waals surface area contributed by atoms with Gasteiger partial charge in [-0.3, -0.25) is 9.59 Å². The Morgan fingerprint density at radius 1 is 0.553 bits per heavy atom. The normalized spacial score (nSPS) is 13.6. The van der Waals surface area contributed by atoms with Crippen LogP contribution in [0.15, 0.2) is 91.0 Å². The number of H-pyrrole nitrogens is 1. The summed E-state index contributed by atoms with van der Waals surface area (Å²) in [6, 6.07) is 29.4. The van der Waals surface area contributed by atoms with Crippen LogP contribution in [0.1, 0.15) is 73.4 Å². The van der Waals surface area contributed by atoms with Crippen molar-refractivity contribution < 1.29 is 9.59 Å². The zero-order valence-electron chi connectivity index (χ0n) is 22.9. The monoisotopic (exact) mass is 502 g/mol. The van der Waals surface area contributed by atoms with Gasteiger partial charge < -0.3 is 4.98 Å². The van der Waals surface area contributed by atoms with Crippen molar-refractivity contribution in [1.29, 1.82) is 0 Å². The fraction of sp³-hybridized carbons (Fsp3) is 0.235. The van der Waals surface area contributed by atoms with Crippen molar-refractivity contribution in [2.45, 2.75) is 52.4 Å². The third kappa shape index (κ3) is 4.63. The fourth-order valence-electron chi connectivity index (χ4n) is 4.83. The predicted molar refractivity (Wildman–Crippen MR) is 157 cm³/mol. The molecule has 0 spiro atoms. The Hall–Kier alpha value is -4.18. The number of aromatic amines is 1. The number of hydrogen-bond acceptors (Lipinski definition) is 2. The molecule has 5 aromatic rings. The maximum atomic E-state index is 12.1. The average Bonchev–Trinajstić information content (AvgIpc) is 3.38. The van der Waals surface area contributed by atoms with Crippen LogP contribution < -0.4 is 4.90 Å². The summed E-state index contributed by atoms with van der Waals surface area (Å²) in [6.07, 6.45) is 0. The summed E-state index contributed by atoms with van der Waals surface area (Å²) in [7, 11) is 0. The number of rotatable bonds is 1. The van der Waals surface area contributed by atoms with Gasteiger partial charge in [-0.15, -0.1) is 0 Å². The molecule has 4 nitrogen and oxygen atoms in total. The molecular weight excluding hydrogens is 468 g/mol. The maximum absolute atomic E-state index is 12.1. The molecule has 192 valence electrons. The Bertz CT molecular complexity index is 1560. The molecule has 4 aromatic carbocycles. The lowest BCUT2D eigenvalue weighted by atomic mass is 9.85. The lowest BCUT2D eigenvalue weighted by Gasteiger charge is -2.19. The molecule has 0 fully saturated rings. The Morgan fingerprint density at radius 3 is 1.39 bits per heavy atom. The first-order valence-electron chi connectivity index (χ1n) is 13.0. The average molecular weight is 503 g/mol. The van der Waals surface area contributed by atoms with Crippen LogP contribution in [-0.4, -0.2) is 16.8 Å². The van der Waals surface area contributed by atoms with Gasteiger partial charge in [0.05, 0.1) is 16.8 Å². The van der Waals surface area contributed by atoms with E-state index in [1.165, 1.54) is 37.8 Å². The number of fused-ring (bicyclic) bond motifs is 4. The van der Waals surface area contributed by atoms with Crippen LogP contribution in [0.3, 0.4) is 0 Å². The molecule has 0 aliphatic carbocycles. The molecule has 0 bridgehead atoms. The summed E-state index contributed by atoms with van der Waals surface area (Å²) in [5.74, 6) is -0.506. The number of imide groups is 1. The molecule has 6 rings (SSSR count). The lowest BCUT2D eigenvalue weighted by molar-refractivity contribution is 0.0926. The Balaban J connectivity index is 0.000000158.